The summed E-state index contributed by atoms with van der Waals surface area (Å²) in [6, 6.07) is 7.42. The van der Waals surface area contributed by atoms with Gasteiger partial charge >= 0.3 is 0 Å². The van der Waals surface area contributed by atoms with E-state index >= 15 is 0 Å². The fourth-order valence-electron chi connectivity index (χ4n) is 1.63. The molecular formula is C12H15N3O2S. The molecule has 0 saturated heterocycles. The van der Waals surface area contributed by atoms with Gasteiger partial charge in [0.15, 0.2) is 16.7 Å². The topological polar surface area (TPSA) is 52.1 Å². The van der Waals surface area contributed by atoms with Crippen molar-refractivity contribution in [1.82, 2.24) is 14.8 Å². The summed E-state index contributed by atoms with van der Waals surface area (Å²) >= 11 is 5.06. The molecule has 6 heteroatoms. The Morgan fingerprint density at radius 2 is 1.89 bits per heavy atom. The molecule has 1 heterocycles. The van der Waals surface area contributed by atoms with Crippen molar-refractivity contribution in [2.24, 2.45) is 7.05 Å². The number of benzene rings is 1. The van der Waals surface area contributed by atoms with Crippen molar-refractivity contribution in [1.29, 1.82) is 0 Å². The lowest BCUT2D eigenvalue weighted by Gasteiger charge is -2.13. The quantitative estimate of drug-likeness (QED) is 0.863. The Morgan fingerprint density at radius 3 is 2.39 bits per heavy atom. The summed E-state index contributed by atoms with van der Waals surface area (Å²) < 4.78 is 13.3. The average Bonchev–Trinajstić information content (AvgIpc) is 2.71. The maximum Gasteiger partial charge on any atom is 0.195 e. The van der Waals surface area contributed by atoms with Crippen LogP contribution in [0.15, 0.2) is 24.3 Å². The molecule has 1 unspecified atom stereocenters. The first kappa shape index (κ1) is 12.6. The van der Waals surface area contributed by atoms with Gasteiger partial charge in [0.2, 0.25) is 0 Å². The highest BCUT2D eigenvalue weighted by atomic mass is 32.1. The van der Waals surface area contributed by atoms with E-state index in [1.165, 1.54) is 0 Å². The molecule has 0 aliphatic carbocycles. The van der Waals surface area contributed by atoms with Crippen LogP contribution in [0.3, 0.4) is 0 Å². The molecule has 0 saturated carbocycles. The van der Waals surface area contributed by atoms with Crippen LogP contribution in [-0.4, -0.2) is 21.9 Å². The van der Waals surface area contributed by atoms with Crippen molar-refractivity contribution in [3.63, 3.8) is 0 Å². The minimum Gasteiger partial charge on any atom is -0.497 e. The van der Waals surface area contributed by atoms with Gasteiger partial charge in [0.25, 0.3) is 0 Å². The Balaban J connectivity index is 2.13. The molecule has 2 aromatic rings. The predicted octanol–water partition coefficient (Wildman–Crippen LogP) is 2.63. The smallest absolute Gasteiger partial charge is 0.195 e. The Hall–Kier alpha value is -1.82. The highest BCUT2D eigenvalue weighted by molar-refractivity contribution is 7.71. The molecule has 0 amide bonds. The molecule has 18 heavy (non-hydrogen) atoms. The van der Waals surface area contributed by atoms with Gasteiger partial charge in [-0.1, -0.05) is 0 Å². The normalized spacial score (nSPS) is 12.2. The molecule has 0 aliphatic heterocycles. The number of methoxy groups -OCH3 is 1. The summed E-state index contributed by atoms with van der Waals surface area (Å²) in [5.74, 6) is 2.32. The summed E-state index contributed by atoms with van der Waals surface area (Å²) in [6.45, 7) is 1.93. The third kappa shape index (κ3) is 2.53. The SMILES string of the molecule is COc1ccc(OC(C)c2n[nH]c(=S)n2C)cc1. The minimum atomic E-state index is -0.184. The summed E-state index contributed by atoms with van der Waals surface area (Å²) in [5, 5.41) is 6.88. The molecule has 1 aromatic heterocycles. The zero-order chi connectivity index (χ0) is 13.1. The number of ether oxygens (including phenoxy) is 2. The van der Waals surface area contributed by atoms with E-state index in [2.05, 4.69) is 10.2 Å². The number of nitrogens with one attached hydrogen (secondary N) is 1. The van der Waals surface area contributed by atoms with Gasteiger partial charge in [-0.15, -0.1) is 0 Å². The highest BCUT2D eigenvalue weighted by Crippen LogP contribution is 2.22. The standard InChI is InChI=1S/C12H15N3O2S/c1-8(11-13-14-12(18)15(11)2)17-10-6-4-9(16-3)5-7-10/h4-8H,1-3H3,(H,14,18). The second kappa shape index (κ2) is 5.22. The van der Waals surface area contributed by atoms with Crippen LogP contribution in [-0.2, 0) is 7.05 Å². The monoisotopic (exact) mass is 265 g/mol. The number of hydrogen-bond acceptors (Lipinski definition) is 4. The van der Waals surface area contributed by atoms with Gasteiger partial charge in [-0.05, 0) is 43.4 Å². The first-order valence-corrected chi connectivity index (χ1v) is 5.94. The molecule has 1 aromatic carbocycles. The van der Waals surface area contributed by atoms with Crippen molar-refractivity contribution in [3.05, 3.63) is 34.9 Å². The van der Waals surface area contributed by atoms with Gasteiger partial charge in [-0.25, -0.2) is 0 Å². The van der Waals surface area contributed by atoms with Crippen LogP contribution in [0.5, 0.6) is 11.5 Å². The fourth-order valence-corrected chi connectivity index (χ4v) is 1.77. The van der Waals surface area contributed by atoms with E-state index in [0.717, 1.165) is 17.3 Å². The minimum absolute atomic E-state index is 0.184. The second-order valence-electron chi connectivity index (χ2n) is 3.88. The zero-order valence-corrected chi connectivity index (χ0v) is 11.3. The average molecular weight is 265 g/mol. The van der Waals surface area contributed by atoms with Gasteiger partial charge < -0.3 is 14.0 Å². The lowest BCUT2D eigenvalue weighted by molar-refractivity contribution is 0.212. The molecule has 0 aliphatic rings. The summed E-state index contributed by atoms with van der Waals surface area (Å²) in [4.78, 5) is 0. The third-order valence-electron chi connectivity index (χ3n) is 2.65. The second-order valence-corrected chi connectivity index (χ2v) is 4.27. The van der Waals surface area contributed by atoms with E-state index in [1.54, 1.807) is 11.7 Å². The van der Waals surface area contributed by atoms with Crippen molar-refractivity contribution in [2.75, 3.05) is 7.11 Å². The van der Waals surface area contributed by atoms with Gasteiger partial charge in [-0.2, -0.15) is 5.10 Å². The lowest BCUT2D eigenvalue weighted by Crippen LogP contribution is -2.09. The molecule has 0 radical (unpaired) electrons. The van der Waals surface area contributed by atoms with Gasteiger partial charge in [-0.3, -0.25) is 5.10 Å². The van der Waals surface area contributed by atoms with Crippen LogP contribution in [0.1, 0.15) is 18.9 Å². The Labute approximate surface area is 110 Å². The van der Waals surface area contributed by atoms with Crippen molar-refractivity contribution in [3.8, 4) is 11.5 Å². The van der Waals surface area contributed by atoms with E-state index in [0.29, 0.717) is 4.77 Å². The molecule has 1 N–H and O–H groups in total. The van der Waals surface area contributed by atoms with E-state index in [9.17, 15) is 0 Å². The maximum absolute atomic E-state index is 5.79. The van der Waals surface area contributed by atoms with Crippen LogP contribution < -0.4 is 9.47 Å². The van der Waals surface area contributed by atoms with Crippen LogP contribution in [0.25, 0.3) is 0 Å². The Kier molecular flexibility index (Phi) is 3.66. The van der Waals surface area contributed by atoms with Crippen LogP contribution in [0.4, 0.5) is 0 Å². The molecule has 5 nitrogen and oxygen atoms in total. The number of hydrogen-bond donors (Lipinski definition) is 1. The van der Waals surface area contributed by atoms with E-state index < -0.39 is 0 Å². The Bertz CT molecular complexity index is 574. The summed E-state index contributed by atoms with van der Waals surface area (Å²) in [5.41, 5.74) is 0. The number of aromatic nitrogens is 3. The number of nitrogens with zero attached hydrogens (tertiary/aromatic N) is 2. The van der Waals surface area contributed by atoms with Gasteiger partial charge in [0.05, 0.1) is 7.11 Å². The van der Waals surface area contributed by atoms with Crippen molar-refractivity contribution < 1.29 is 9.47 Å². The number of rotatable bonds is 4. The van der Waals surface area contributed by atoms with Crippen LogP contribution in [0.2, 0.25) is 0 Å². The van der Waals surface area contributed by atoms with E-state index in [4.69, 9.17) is 21.7 Å². The fraction of sp³-hybridized carbons (Fsp3) is 0.333. The number of aromatic amines is 1. The van der Waals surface area contributed by atoms with E-state index in [-0.39, 0.29) is 6.10 Å². The zero-order valence-electron chi connectivity index (χ0n) is 10.5. The third-order valence-corrected chi connectivity index (χ3v) is 3.02. The molecule has 0 spiro atoms. The van der Waals surface area contributed by atoms with Crippen LogP contribution in [0, 0.1) is 4.77 Å². The largest absolute Gasteiger partial charge is 0.497 e. The summed E-state index contributed by atoms with van der Waals surface area (Å²) in [7, 11) is 3.49. The van der Waals surface area contributed by atoms with E-state index in [1.807, 2.05) is 38.2 Å². The molecule has 96 valence electrons. The van der Waals surface area contributed by atoms with Gasteiger partial charge in [0.1, 0.15) is 11.5 Å². The molecule has 0 bridgehead atoms. The lowest BCUT2D eigenvalue weighted by atomic mass is 10.3. The first-order chi connectivity index (χ1) is 8.61. The first-order valence-electron chi connectivity index (χ1n) is 5.54. The Morgan fingerprint density at radius 1 is 1.28 bits per heavy atom. The van der Waals surface area contributed by atoms with Crippen LogP contribution >= 0.6 is 12.2 Å². The predicted molar refractivity (Wildman–Crippen MR) is 70.4 cm³/mol. The molecule has 1 atom stereocenters. The van der Waals surface area contributed by atoms with Gasteiger partial charge in [0, 0.05) is 7.05 Å². The molecule has 0 fully saturated rings. The molecular weight excluding hydrogens is 250 g/mol. The number of H-pyrrole nitrogens is 1. The highest BCUT2D eigenvalue weighted by Gasteiger charge is 2.13. The van der Waals surface area contributed by atoms with Crippen molar-refractivity contribution >= 4 is 12.2 Å². The van der Waals surface area contributed by atoms with Crippen molar-refractivity contribution in [2.45, 2.75) is 13.0 Å². The summed E-state index contributed by atoms with van der Waals surface area (Å²) in [6.07, 6.45) is -0.184. The molecule has 2 rings (SSSR count). The maximum atomic E-state index is 5.79.